The van der Waals surface area contributed by atoms with E-state index >= 15 is 0 Å². The van der Waals surface area contributed by atoms with Gasteiger partial charge < -0.3 is 15.3 Å². The summed E-state index contributed by atoms with van der Waals surface area (Å²) in [4.78, 5) is 28.7. The average Bonchev–Trinajstić information content (AvgIpc) is 3.05. The molecule has 22 heavy (non-hydrogen) atoms. The number of carboxylic acids is 1. The first-order valence-electron chi connectivity index (χ1n) is 7.32. The Bertz CT molecular complexity index is 533. The molecule has 1 amide bonds. The highest BCUT2D eigenvalue weighted by atomic mass is 32.2. The smallest absolute Gasteiger partial charge is 0.355 e. The van der Waals surface area contributed by atoms with Crippen LogP contribution < -0.4 is 5.32 Å². The lowest BCUT2D eigenvalue weighted by atomic mass is 10.2. The lowest BCUT2D eigenvalue weighted by Gasteiger charge is -2.25. The molecular formula is C14H21N3O3S2. The van der Waals surface area contributed by atoms with E-state index in [1.54, 1.807) is 5.38 Å². The van der Waals surface area contributed by atoms with Crippen LogP contribution in [0.1, 0.15) is 37.2 Å². The van der Waals surface area contributed by atoms with Gasteiger partial charge in [-0.1, -0.05) is 25.6 Å². The van der Waals surface area contributed by atoms with Gasteiger partial charge in [0.05, 0.1) is 0 Å². The number of carbonyl (C=O) groups excluding carboxylic acids is 1. The summed E-state index contributed by atoms with van der Waals surface area (Å²) in [6.07, 6.45) is 1.53. The van der Waals surface area contributed by atoms with E-state index in [2.05, 4.69) is 24.1 Å². The van der Waals surface area contributed by atoms with Gasteiger partial charge in [0.25, 0.3) is 0 Å². The second-order valence-corrected chi connectivity index (χ2v) is 7.69. The summed E-state index contributed by atoms with van der Waals surface area (Å²) >= 11 is 2.84. The van der Waals surface area contributed by atoms with Crippen LogP contribution in [0.15, 0.2) is 9.72 Å². The lowest BCUT2D eigenvalue weighted by molar-refractivity contribution is -0.128. The Morgan fingerprint density at radius 3 is 3.05 bits per heavy atom. The van der Waals surface area contributed by atoms with Crippen LogP contribution in [0.3, 0.4) is 0 Å². The van der Waals surface area contributed by atoms with Crippen LogP contribution >= 0.6 is 23.1 Å². The summed E-state index contributed by atoms with van der Waals surface area (Å²) in [7, 11) is 0. The molecule has 122 valence electrons. The molecule has 2 heterocycles. The van der Waals surface area contributed by atoms with Crippen molar-refractivity contribution in [2.24, 2.45) is 0 Å². The van der Waals surface area contributed by atoms with Crippen LogP contribution in [-0.2, 0) is 4.79 Å². The van der Waals surface area contributed by atoms with Gasteiger partial charge in [-0.3, -0.25) is 4.79 Å². The number of likely N-dealkylation sites (tertiary alicyclic amines) is 1. The molecule has 1 atom stereocenters. The number of rotatable bonds is 8. The molecule has 1 aliphatic rings. The molecule has 1 aromatic heterocycles. The van der Waals surface area contributed by atoms with Crippen molar-refractivity contribution in [2.45, 2.75) is 43.1 Å². The molecule has 1 aromatic rings. The highest BCUT2D eigenvalue weighted by molar-refractivity contribution is 8.01. The summed E-state index contributed by atoms with van der Waals surface area (Å²) in [5.41, 5.74) is 0.0868. The zero-order valence-electron chi connectivity index (χ0n) is 12.7. The van der Waals surface area contributed by atoms with Crippen molar-refractivity contribution in [3.8, 4) is 0 Å². The largest absolute Gasteiger partial charge is 0.476 e. The summed E-state index contributed by atoms with van der Waals surface area (Å²) in [5, 5.41) is 13.8. The number of hydrogen-bond donors (Lipinski definition) is 2. The summed E-state index contributed by atoms with van der Waals surface area (Å²) in [6, 6.07) is 0.679. The van der Waals surface area contributed by atoms with Crippen LogP contribution in [0.2, 0.25) is 0 Å². The fourth-order valence-electron chi connectivity index (χ4n) is 2.34. The Kier molecular flexibility index (Phi) is 6.22. The van der Waals surface area contributed by atoms with E-state index in [1.165, 1.54) is 23.1 Å². The van der Waals surface area contributed by atoms with Crippen LogP contribution in [0, 0.1) is 0 Å². The number of thiazole rings is 1. The molecule has 1 aliphatic heterocycles. The van der Waals surface area contributed by atoms with Crippen molar-refractivity contribution < 1.29 is 14.7 Å². The molecule has 0 aromatic carbocycles. The van der Waals surface area contributed by atoms with E-state index < -0.39 is 5.97 Å². The summed E-state index contributed by atoms with van der Waals surface area (Å²) in [5.74, 6) is -0.0598. The maximum Gasteiger partial charge on any atom is 0.355 e. The maximum atomic E-state index is 12.0. The molecule has 0 saturated carbocycles. The number of hydrogen-bond acceptors (Lipinski definition) is 6. The number of carbonyl (C=O) groups is 2. The van der Waals surface area contributed by atoms with Crippen molar-refractivity contribution in [1.29, 1.82) is 0 Å². The molecule has 0 bridgehead atoms. The zero-order valence-corrected chi connectivity index (χ0v) is 14.4. The van der Waals surface area contributed by atoms with Crippen molar-refractivity contribution in [1.82, 2.24) is 15.2 Å². The third-order valence-electron chi connectivity index (χ3n) is 3.47. The Balaban J connectivity index is 1.80. The molecule has 2 rings (SSSR count). The van der Waals surface area contributed by atoms with Crippen LogP contribution in [-0.4, -0.2) is 57.8 Å². The average molecular weight is 343 g/mol. The van der Waals surface area contributed by atoms with Crippen molar-refractivity contribution in [3.63, 3.8) is 0 Å². The van der Waals surface area contributed by atoms with Gasteiger partial charge in [0, 0.05) is 42.7 Å². The van der Waals surface area contributed by atoms with Gasteiger partial charge in [-0.2, -0.15) is 0 Å². The lowest BCUT2D eigenvalue weighted by Crippen LogP contribution is -2.42. The molecule has 8 heteroatoms. The van der Waals surface area contributed by atoms with E-state index in [4.69, 9.17) is 5.11 Å². The third kappa shape index (κ3) is 4.69. The van der Waals surface area contributed by atoms with Gasteiger partial charge in [-0.25, -0.2) is 9.78 Å². The molecule has 2 N–H and O–H groups in total. The molecule has 1 fully saturated rings. The Morgan fingerprint density at radius 1 is 1.64 bits per heavy atom. The Morgan fingerprint density at radius 2 is 2.41 bits per heavy atom. The number of aromatic carboxylic acids is 1. The number of carboxylic acid groups (broad SMARTS) is 1. The predicted octanol–water partition coefficient (Wildman–Crippen LogP) is 1.92. The normalized spacial score (nSPS) is 18.4. The first-order valence-corrected chi connectivity index (χ1v) is 9.18. The second-order valence-electron chi connectivity index (χ2n) is 5.49. The minimum atomic E-state index is -1.00. The van der Waals surface area contributed by atoms with Gasteiger partial charge in [-0.05, 0) is 6.42 Å². The monoisotopic (exact) mass is 343 g/mol. The molecule has 0 aliphatic carbocycles. The number of thioether (sulfide) groups is 1. The molecule has 0 radical (unpaired) electrons. The minimum absolute atomic E-state index is 0.0868. The minimum Gasteiger partial charge on any atom is -0.476 e. The molecule has 1 unspecified atom stereocenters. The van der Waals surface area contributed by atoms with Crippen LogP contribution in [0.5, 0.6) is 0 Å². The number of nitrogens with zero attached hydrogens (tertiary/aromatic N) is 2. The van der Waals surface area contributed by atoms with E-state index in [1.807, 2.05) is 4.90 Å². The fraction of sp³-hybridized carbons (Fsp3) is 0.643. The van der Waals surface area contributed by atoms with Gasteiger partial charge in [0.15, 0.2) is 10.0 Å². The van der Waals surface area contributed by atoms with E-state index in [0.717, 1.165) is 23.1 Å². The van der Waals surface area contributed by atoms with Crippen molar-refractivity contribution in [3.05, 3.63) is 11.1 Å². The highest BCUT2D eigenvalue weighted by Crippen LogP contribution is 2.24. The van der Waals surface area contributed by atoms with Gasteiger partial charge in [0.2, 0.25) is 5.91 Å². The van der Waals surface area contributed by atoms with Gasteiger partial charge in [-0.15, -0.1) is 11.3 Å². The number of aromatic nitrogens is 1. The van der Waals surface area contributed by atoms with Crippen LogP contribution in [0.4, 0.5) is 0 Å². The first-order chi connectivity index (χ1) is 10.5. The Hall–Kier alpha value is -1.12. The topological polar surface area (TPSA) is 82.5 Å². The molecule has 1 saturated heterocycles. The fourth-order valence-corrected chi connectivity index (χ4v) is 4.15. The predicted molar refractivity (Wildman–Crippen MR) is 87.7 cm³/mol. The third-order valence-corrected chi connectivity index (χ3v) is 5.48. The van der Waals surface area contributed by atoms with E-state index in [9.17, 15) is 9.59 Å². The van der Waals surface area contributed by atoms with E-state index in [0.29, 0.717) is 19.0 Å². The standard InChI is InChI=1S/C14H21N3O3S2/c1-9(2)15-7-10-3-4-12(18)17(10)5-6-21-14-16-11(8-22-14)13(19)20/h8-10,15H,3-7H2,1-2H3,(H,19,20). The summed E-state index contributed by atoms with van der Waals surface area (Å²) in [6.45, 7) is 5.70. The van der Waals surface area contributed by atoms with Crippen molar-refractivity contribution in [2.75, 3.05) is 18.8 Å². The zero-order chi connectivity index (χ0) is 16.1. The summed E-state index contributed by atoms with van der Waals surface area (Å²) < 4.78 is 0.737. The quantitative estimate of drug-likeness (QED) is 0.702. The van der Waals surface area contributed by atoms with Crippen LogP contribution in [0.25, 0.3) is 0 Å². The molecule has 0 spiro atoms. The Labute approximate surface area is 138 Å². The molecule has 6 nitrogen and oxygen atoms in total. The first kappa shape index (κ1) is 17.2. The van der Waals surface area contributed by atoms with Crippen molar-refractivity contribution >= 4 is 35.0 Å². The molecular weight excluding hydrogens is 322 g/mol. The SMILES string of the molecule is CC(C)NCC1CCC(=O)N1CCSc1nc(C(=O)O)cs1. The highest BCUT2D eigenvalue weighted by Gasteiger charge is 2.30. The van der Waals surface area contributed by atoms with Gasteiger partial charge in [0.1, 0.15) is 0 Å². The maximum absolute atomic E-state index is 12.0. The number of amides is 1. The van der Waals surface area contributed by atoms with Gasteiger partial charge >= 0.3 is 5.97 Å². The second kappa shape index (κ2) is 7.94. The number of nitrogens with one attached hydrogen (secondary N) is 1. The van der Waals surface area contributed by atoms with E-state index in [-0.39, 0.29) is 17.6 Å².